The van der Waals surface area contributed by atoms with Crippen LogP contribution in [-0.4, -0.2) is 54.2 Å². The number of aryl methyl sites for hydroxylation is 1. The van der Waals surface area contributed by atoms with E-state index in [1.54, 1.807) is 33.1 Å². The lowest BCUT2D eigenvalue weighted by molar-refractivity contribution is -0.119. The first-order chi connectivity index (χ1) is 23.0. The lowest BCUT2D eigenvalue weighted by atomic mass is 9.68. The minimum absolute atomic E-state index is 0.0263. The Morgan fingerprint density at radius 1 is 1.23 bits per heavy atom. The number of rotatable bonds is 12. The molecule has 2 aromatic rings. The van der Waals surface area contributed by atoms with E-state index in [0.29, 0.717) is 42.7 Å². The molecule has 1 spiro atoms. The van der Waals surface area contributed by atoms with Crippen molar-refractivity contribution in [2.24, 2.45) is 22.1 Å². The van der Waals surface area contributed by atoms with Gasteiger partial charge in [-0.1, -0.05) is 43.7 Å². The van der Waals surface area contributed by atoms with E-state index in [-0.39, 0.29) is 23.9 Å². The van der Waals surface area contributed by atoms with Crippen LogP contribution in [0.25, 0.3) is 0 Å². The minimum Gasteiger partial charge on any atom is -0.490 e. The standard InChI is InChI=1S/C38H50ClN3O5S/c1-7-11-25(4)26(5)48(45,40-36(43)9-3)41-37(44)28-14-18-35-33(21-28)42(22-29-13-16-31(29)34(8-2)46-6)23-38(24-47-35)19-10-12-27-20-30(39)15-17-32(27)38/h7-8,14-15,17-18,20-21,25-26,29,31,34H,1-2,9-13,16,19,22-24H2,3-6H3,(H,40,41,43,44,45). The van der Waals surface area contributed by atoms with Crippen molar-refractivity contribution in [3.05, 3.63) is 83.4 Å². The molecule has 1 saturated carbocycles. The number of amides is 2. The highest BCUT2D eigenvalue weighted by atomic mass is 35.5. The van der Waals surface area contributed by atoms with E-state index in [1.165, 1.54) is 11.1 Å². The molecule has 1 N–H and O–H groups in total. The van der Waals surface area contributed by atoms with Crippen molar-refractivity contribution < 1.29 is 23.3 Å². The number of ether oxygens (including phenoxy) is 2. The fourth-order valence-electron chi connectivity index (χ4n) is 7.61. The third-order valence-corrected chi connectivity index (χ3v) is 13.5. The molecular weight excluding hydrogens is 646 g/mol. The highest BCUT2D eigenvalue weighted by Crippen LogP contribution is 2.47. The van der Waals surface area contributed by atoms with Crippen molar-refractivity contribution in [1.29, 1.82) is 0 Å². The Hall–Kier alpha value is -3.14. The SMILES string of the molecule is C=CCC(C)C(C)S(=O)(=NC(=O)c1ccc2c(c1)N(CC1CCC1C(C=C)OC)CC1(CCCc3cc(Cl)ccc31)CO2)NC(=O)CC. The Morgan fingerprint density at radius 3 is 2.69 bits per heavy atom. The number of nitrogens with zero attached hydrogens (tertiary/aromatic N) is 2. The van der Waals surface area contributed by atoms with Crippen LogP contribution < -0.4 is 14.4 Å². The number of allylic oxidation sites excluding steroid dienone is 1. The molecule has 0 aromatic heterocycles. The Kier molecular flexibility index (Phi) is 11.4. The molecule has 0 radical (unpaired) electrons. The van der Waals surface area contributed by atoms with E-state index in [0.717, 1.165) is 49.4 Å². The predicted molar refractivity (Wildman–Crippen MR) is 194 cm³/mol. The number of anilines is 1. The van der Waals surface area contributed by atoms with Crippen molar-refractivity contribution >= 4 is 39.0 Å². The van der Waals surface area contributed by atoms with Crippen LogP contribution in [0.3, 0.4) is 0 Å². The summed E-state index contributed by atoms with van der Waals surface area (Å²) < 4.78 is 33.5. The summed E-state index contributed by atoms with van der Waals surface area (Å²) in [5.41, 5.74) is 3.36. The first kappa shape index (κ1) is 36.1. The van der Waals surface area contributed by atoms with Crippen LogP contribution in [0.2, 0.25) is 5.02 Å². The zero-order chi connectivity index (χ0) is 34.6. The Balaban J connectivity index is 1.56. The molecule has 0 saturated heterocycles. The van der Waals surface area contributed by atoms with Gasteiger partial charge in [0.15, 0.2) is 0 Å². The number of fused-ring (bicyclic) bond motifs is 3. The largest absolute Gasteiger partial charge is 0.490 e. The minimum atomic E-state index is -3.44. The molecule has 2 aliphatic carbocycles. The predicted octanol–water partition coefficient (Wildman–Crippen LogP) is 7.69. The molecule has 3 aliphatic rings. The lowest BCUT2D eigenvalue weighted by Crippen LogP contribution is -2.49. The first-order valence-electron chi connectivity index (χ1n) is 17.1. The van der Waals surface area contributed by atoms with Crippen molar-refractivity contribution in [1.82, 2.24) is 4.72 Å². The smallest absolute Gasteiger partial charge is 0.286 e. The summed E-state index contributed by atoms with van der Waals surface area (Å²) in [6.07, 6.45) is 9.41. The molecule has 260 valence electrons. The molecule has 1 aliphatic heterocycles. The zero-order valence-corrected chi connectivity index (χ0v) is 30.3. The average Bonchev–Trinajstić information content (AvgIpc) is 3.21. The molecule has 7 unspecified atom stereocenters. The second kappa shape index (κ2) is 15.2. The fourth-order valence-corrected chi connectivity index (χ4v) is 9.77. The van der Waals surface area contributed by atoms with Gasteiger partial charge in [0.2, 0.25) is 5.91 Å². The first-order valence-corrected chi connectivity index (χ1v) is 19.1. The number of hydrogen-bond donors (Lipinski definition) is 1. The van der Waals surface area contributed by atoms with E-state index >= 15 is 0 Å². The van der Waals surface area contributed by atoms with Gasteiger partial charge in [0.05, 0.1) is 23.6 Å². The second-order valence-electron chi connectivity index (χ2n) is 13.8. The summed E-state index contributed by atoms with van der Waals surface area (Å²) in [5, 5.41) is 0.157. The molecule has 2 aromatic carbocycles. The van der Waals surface area contributed by atoms with Gasteiger partial charge in [-0.05, 0) is 105 Å². The maximum atomic E-state index is 14.2. The van der Waals surface area contributed by atoms with E-state index < -0.39 is 27.0 Å². The maximum Gasteiger partial charge on any atom is 0.286 e. The number of halogens is 1. The van der Waals surface area contributed by atoms with Crippen molar-refractivity contribution in [3.8, 4) is 5.75 Å². The van der Waals surface area contributed by atoms with Crippen molar-refractivity contribution in [3.63, 3.8) is 0 Å². The summed E-state index contributed by atoms with van der Waals surface area (Å²) in [6.45, 7) is 15.1. The van der Waals surface area contributed by atoms with Gasteiger partial charge in [-0.3, -0.25) is 14.3 Å². The highest BCUT2D eigenvalue weighted by Gasteiger charge is 2.44. The van der Waals surface area contributed by atoms with Gasteiger partial charge >= 0.3 is 0 Å². The van der Waals surface area contributed by atoms with Gasteiger partial charge < -0.3 is 14.4 Å². The van der Waals surface area contributed by atoms with Gasteiger partial charge in [-0.2, -0.15) is 0 Å². The van der Waals surface area contributed by atoms with Gasteiger partial charge in [-0.15, -0.1) is 17.5 Å². The number of hydrogen-bond acceptors (Lipinski definition) is 6. The number of methoxy groups -OCH3 is 1. The van der Waals surface area contributed by atoms with Gasteiger partial charge in [-0.25, -0.2) is 4.21 Å². The molecule has 1 fully saturated rings. The van der Waals surface area contributed by atoms with Crippen molar-refractivity contribution in [2.75, 3.05) is 31.7 Å². The molecule has 8 nitrogen and oxygen atoms in total. The second-order valence-corrected chi connectivity index (χ2v) is 16.5. The molecule has 0 bridgehead atoms. The Labute approximate surface area is 291 Å². The van der Waals surface area contributed by atoms with E-state index in [2.05, 4.69) is 39.3 Å². The fraction of sp³-hybridized carbons (Fsp3) is 0.526. The number of benzene rings is 2. The van der Waals surface area contributed by atoms with E-state index in [4.69, 9.17) is 21.1 Å². The summed E-state index contributed by atoms with van der Waals surface area (Å²) in [5.74, 6) is 0.231. The van der Waals surface area contributed by atoms with E-state index in [1.807, 2.05) is 31.2 Å². The van der Waals surface area contributed by atoms with Crippen LogP contribution in [-0.2, 0) is 31.3 Å². The molecular formula is C38H50ClN3O5S. The van der Waals surface area contributed by atoms with Crippen LogP contribution >= 0.6 is 11.6 Å². The zero-order valence-electron chi connectivity index (χ0n) is 28.7. The highest BCUT2D eigenvalue weighted by molar-refractivity contribution is 7.93. The Morgan fingerprint density at radius 2 is 2.02 bits per heavy atom. The summed E-state index contributed by atoms with van der Waals surface area (Å²) in [6, 6.07) is 11.5. The molecule has 5 rings (SSSR count). The summed E-state index contributed by atoms with van der Waals surface area (Å²) >= 11 is 6.44. The maximum absolute atomic E-state index is 14.2. The van der Waals surface area contributed by atoms with Gasteiger partial charge in [0.25, 0.3) is 5.91 Å². The molecule has 1 heterocycles. The quantitative estimate of drug-likeness (QED) is 0.229. The normalized spacial score (nSPS) is 24.6. The summed E-state index contributed by atoms with van der Waals surface area (Å²) in [4.78, 5) is 28.7. The van der Waals surface area contributed by atoms with Gasteiger partial charge in [0.1, 0.15) is 15.7 Å². The third kappa shape index (κ3) is 7.38. The number of carbonyl (C=O) groups is 2. The third-order valence-electron chi connectivity index (χ3n) is 10.8. The number of carbonyl (C=O) groups excluding carboxylic acids is 2. The summed E-state index contributed by atoms with van der Waals surface area (Å²) in [7, 11) is -1.70. The lowest BCUT2D eigenvalue weighted by Gasteiger charge is -2.46. The average molecular weight is 696 g/mol. The topological polar surface area (TPSA) is 97.3 Å². The van der Waals surface area contributed by atoms with Crippen LogP contribution in [0.15, 0.2) is 66.1 Å². The molecule has 7 atom stereocenters. The van der Waals surface area contributed by atoms with Crippen LogP contribution in [0.1, 0.15) is 80.8 Å². The molecule has 48 heavy (non-hydrogen) atoms. The Bertz CT molecular complexity index is 1670. The van der Waals surface area contributed by atoms with Crippen LogP contribution in [0, 0.1) is 17.8 Å². The van der Waals surface area contributed by atoms with Crippen LogP contribution in [0.4, 0.5) is 5.69 Å². The monoisotopic (exact) mass is 695 g/mol. The van der Waals surface area contributed by atoms with E-state index in [9.17, 15) is 13.8 Å². The van der Waals surface area contributed by atoms with Gasteiger partial charge in [0, 0.05) is 42.6 Å². The molecule has 10 heteroatoms. The molecule has 2 amide bonds. The van der Waals surface area contributed by atoms with Crippen molar-refractivity contribution in [2.45, 2.75) is 82.5 Å². The van der Waals surface area contributed by atoms with Crippen LogP contribution in [0.5, 0.6) is 5.75 Å². The number of nitrogens with one attached hydrogen (secondary N) is 1.